The molecular weight excluding hydrogens is 288 g/mol. The Labute approximate surface area is 126 Å². The van der Waals surface area contributed by atoms with Gasteiger partial charge in [0.05, 0.1) is 11.1 Å². The van der Waals surface area contributed by atoms with E-state index in [1.54, 1.807) is 36.5 Å². The van der Waals surface area contributed by atoms with E-state index in [-0.39, 0.29) is 18.0 Å². The number of hydrogen-bond donors (Lipinski definition) is 2. The van der Waals surface area contributed by atoms with Gasteiger partial charge >= 0.3 is 5.97 Å². The summed E-state index contributed by atoms with van der Waals surface area (Å²) in [6.45, 7) is 0.267. The second kappa shape index (κ2) is 6.90. The fourth-order valence-corrected chi connectivity index (χ4v) is 2.37. The molecule has 2 rings (SSSR count). The third kappa shape index (κ3) is 3.82. The molecule has 1 amide bonds. The number of carboxylic acids is 1. The van der Waals surface area contributed by atoms with Crippen molar-refractivity contribution in [2.75, 3.05) is 6.26 Å². The molecule has 2 aromatic rings. The molecule has 0 saturated carbocycles. The molecule has 0 bridgehead atoms. The minimum Gasteiger partial charge on any atom is -0.478 e. The van der Waals surface area contributed by atoms with Gasteiger partial charge < -0.3 is 10.4 Å². The van der Waals surface area contributed by atoms with Crippen LogP contribution >= 0.6 is 11.8 Å². The highest BCUT2D eigenvalue weighted by Crippen LogP contribution is 2.16. The Bertz CT molecular complexity index is 673. The molecule has 0 aliphatic heterocycles. The number of carbonyl (C=O) groups excluding carboxylic acids is 1. The Morgan fingerprint density at radius 2 is 2.10 bits per heavy atom. The zero-order valence-corrected chi connectivity index (χ0v) is 12.2. The smallest absolute Gasteiger partial charge is 0.335 e. The van der Waals surface area contributed by atoms with Gasteiger partial charge in [-0.25, -0.2) is 9.78 Å². The van der Waals surface area contributed by atoms with E-state index >= 15 is 0 Å². The summed E-state index contributed by atoms with van der Waals surface area (Å²) in [5, 5.41) is 12.4. The predicted molar refractivity (Wildman–Crippen MR) is 80.6 cm³/mol. The SMILES string of the molecule is CSc1ncccc1C(=O)NCc1cccc(C(=O)O)c1. The molecule has 1 heterocycles. The highest BCUT2D eigenvalue weighted by atomic mass is 32.2. The molecular formula is C15H14N2O3S. The summed E-state index contributed by atoms with van der Waals surface area (Å²) in [5.41, 5.74) is 1.45. The van der Waals surface area contributed by atoms with E-state index in [4.69, 9.17) is 5.11 Å². The molecule has 0 atom stereocenters. The maximum absolute atomic E-state index is 12.1. The van der Waals surface area contributed by atoms with Crippen molar-refractivity contribution in [3.05, 3.63) is 59.3 Å². The fraction of sp³-hybridized carbons (Fsp3) is 0.133. The van der Waals surface area contributed by atoms with Crippen LogP contribution in [0.4, 0.5) is 0 Å². The largest absolute Gasteiger partial charge is 0.478 e. The lowest BCUT2D eigenvalue weighted by molar-refractivity contribution is 0.0696. The number of rotatable bonds is 5. The van der Waals surface area contributed by atoms with Gasteiger partial charge in [-0.05, 0) is 36.1 Å². The molecule has 1 aromatic heterocycles. The Balaban J connectivity index is 2.07. The molecule has 0 radical (unpaired) electrons. The first-order valence-electron chi connectivity index (χ1n) is 6.21. The van der Waals surface area contributed by atoms with Crippen molar-refractivity contribution in [2.45, 2.75) is 11.6 Å². The average Bonchev–Trinajstić information content (AvgIpc) is 2.52. The number of carbonyl (C=O) groups is 2. The van der Waals surface area contributed by atoms with Crippen molar-refractivity contribution in [3.63, 3.8) is 0 Å². The van der Waals surface area contributed by atoms with Crippen molar-refractivity contribution >= 4 is 23.6 Å². The van der Waals surface area contributed by atoms with Crippen LogP contribution in [0, 0.1) is 0 Å². The van der Waals surface area contributed by atoms with Crippen molar-refractivity contribution in [1.82, 2.24) is 10.3 Å². The molecule has 0 aliphatic rings. The summed E-state index contributed by atoms with van der Waals surface area (Å²) in [4.78, 5) is 27.2. The van der Waals surface area contributed by atoms with Crippen LogP contribution in [-0.2, 0) is 6.54 Å². The normalized spacial score (nSPS) is 10.1. The van der Waals surface area contributed by atoms with E-state index in [2.05, 4.69) is 10.3 Å². The number of thioether (sulfide) groups is 1. The van der Waals surface area contributed by atoms with Gasteiger partial charge in [-0.2, -0.15) is 0 Å². The first-order valence-corrected chi connectivity index (χ1v) is 7.43. The van der Waals surface area contributed by atoms with Crippen LogP contribution < -0.4 is 5.32 Å². The number of nitrogens with zero attached hydrogens (tertiary/aromatic N) is 1. The number of pyridine rings is 1. The lowest BCUT2D eigenvalue weighted by Gasteiger charge is -2.08. The van der Waals surface area contributed by atoms with Crippen molar-refractivity contribution in [1.29, 1.82) is 0 Å². The highest BCUT2D eigenvalue weighted by Gasteiger charge is 2.11. The first-order chi connectivity index (χ1) is 10.1. The van der Waals surface area contributed by atoms with Gasteiger partial charge in [-0.15, -0.1) is 11.8 Å². The van der Waals surface area contributed by atoms with Crippen LogP contribution in [-0.4, -0.2) is 28.2 Å². The second-order valence-electron chi connectivity index (χ2n) is 4.25. The first kappa shape index (κ1) is 15.1. The van der Waals surface area contributed by atoms with E-state index in [9.17, 15) is 9.59 Å². The number of nitrogens with one attached hydrogen (secondary N) is 1. The Morgan fingerprint density at radius 3 is 2.81 bits per heavy atom. The third-order valence-electron chi connectivity index (χ3n) is 2.84. The van der Waals surface area contributed by atoms with Gasteiger partial charge in [0.15, 0.2) is 0 Å². The topological polar surface area (TPSA) is 79.3 Å². The molecule has 0 unspecified atom stereocenters. The van der Waals surface area contributed by atoms with E-state index < -0.39 is 5.97 Å². The van der Waals surface area contributed by atoms with Gasteiger partial charge in [0, 0.05) is 12.7 Å². The van der Waals surface area contributed by atoms with Crippen LogP contribution in [0.3, 0.4) is 0 Å². The average molecular weight is 302 g/mol. The summed E-state index contributed by atoms with van der Waals surface area (Å²) in [7, 11) is 0. The van der Waals surface area contributed by atoms with E-state index in [0.29, 0.717) is 10.6 Å². The van der Waals surface area contributed by atoms with Gasteiger partial charge in [0.2, 0.25) is 0 Å². The number of hydrogen-bond acceptors (Lipinski definition) is 4. The minimum absolute atomic E-state index is 0.202. The number of aromatic nitrogens is 1. The maximum Gasteiger partial charge on any atom is 0.335 e. The van der Waals surface area contributed by atoms with Crippen LogP contribution in [0.5, 0.6) is 0 Å². The van der Waals surface area contributed by atoms with Gasteiger partial charge in [0.25, 0.3) is 5.91 Å². The lowest BCUT2D eigenvalue weighted by atomic mass is 10.1. The molecule has 5 nitrogen and oxygen atoms in total. The molecule has 1 aromatic carbocycles. The summed E-state index contributed by atoms with van der Waals surface area (Å²) in [5.74, 6) is -1.21. The second-order valence-corrected chi connectivity index (χ2v) is 5.04. The molecule has 0 spiro atoms. The molecule has 0 saturated heterocycles. The van der Waals surface area contributed by atoms with Gasteiger partial charge in [0.1, 0.15) is 5.03 Å². The molecule has 108 valence electrons. The van der Waals surface area contributed by atoms with Crippen LogP contribution in [0.2, 0.25) is 0 Å². The lowest BCUT2D eigenvalue weighted by Crippen LogP contribution is -2.23. The summed E-state index contributed by atoms with van der Waals surface area (Å²) in [6, 6.07) is 9.90. The van der Waals surface area contributed by atoms with Crippen molar-refractivity contribution in [2.24, 2.45) is 0 Å². The van der Waals surface area contributed by atoms with Gasteiger partial charge in [-0.1, -0.05) is 12.1 Å². The molecule has 6 heteroatoms. The minimum atomic E-state index is -0.986. The van der Waals surface area contributed by atoms with Crippen LogP contribution in [0.1, 0.15) is 26.3 Å². The maximum atomic E-state index is 12.1. The van der Waals surface area contributed by atoms with E-state index in [1.807, 2.05) is 6.26 Å². The Morgan fingerprint density at radius 1 is 1.29 bits per heavy atom. The van der Waals surface area contributed by atoms with Crippen LogP contribution in [0.15, 0.2) is 47.6 Å². The standard InChI is InChI=1S/C15H14N2O3S/c1-21-14-12(6-3-7-16-14)13(18)17-9-10-4-2-5-11(8-10)15(19)20/h2-8H,9H2,1H3,(H,17,18)(H,19,20). The Hall–Kier alpha value is -2.34. The summed E-state index contributed by atoms with van der Waals surface area (Å²) >= 11 is 1.40. The fourth-order valence-electron chi connectivity index (χ4n) is 1.82. The van der Waals surface area contributed by atoms with Crippen molar-refractivity contribution in [3.8, 4) is 0 Å². The summed E-state index contributed by atoms with van der Waals surface area (Å²) < 4.78 is 0. The summed E-state index contributed by atoms with van der Waals surface area (Å²) in [6.07, 6.45) is 3.49. The molecule has 2 N–H and O–H groups in total. The highest BCUT2D eigenvalue weighted by molar-refractivity contribution is 7.98. The number of benzene rings is 1. The van der Waals surface area contributed by atoms with Gasteiger partial charge in [-0.3, -0.25) is 4.79 Å². The number of carboxylic acid groups (broad SMARTS) is 1. The molecule has 0 fully saturated rings. The zero-order valence-electron chi connectivity index (χ0n) is 11.4. The Kier molecular flexibility index (Phi) is 4.94. The molecule has 21 heavy (non-hydrogen) atoms. The van der Waals surface area contributed by atoms with Crippen LogP contribution in [0.25, 0.3) is 0 Å². The monoisotopic (exact) mass is 302 g/mol. The number of amides is 1. The van der Waals surface area contributed by atoms with E-state index in [1.165, 1.54) is 17.8 Å². The third-order valence-corrected chi connectivity index (χ3v) is 3.55. The predicted octanol–water partition coefficient (Wildman–Crippen LogP) is 2.43. The quantitative estimate of drug-likeness (QED) is 0.829. The molecule has 0 aliphatic carbocycles. The zero-order chi connectivity index (χ0) is 15.2. The van der Waals surface area contributed by atoms with E-state index in [0.717, 1.165) is 5.56 Å². The number of aromatic carboxylic acids is 1. The van der Waals surface area contributed by atoms with Crippen molar-refractivity contribution < 1.29 is 14.7 Å².